The highest BCUT2D eigenvalue weighted by molar-refractivity contribution is 5.77. The highest BCUT2D eigenvalue weighted by Gasteiger charge is 2.09. The molecule has 1 aromatic rings. The second kappa shape index (κ2) is 8.32. The van der Waals surface area contributed by atoms with Crippen molar-refractivity contribution in [2.75, 3.05) is 7.05 Å². The van der Waals surface area contributed by atoms with Gasteiger partial charge in [-0.1, -0.05) is 55.0 Å². The minimum absolute atomic E-state index is 0.769. The lowest BCUT2D eigenvalue weighted by Gasteiger charge is -2.11. The van der Waals surface area contributed by atoms with E-state index in [-0.39, 0.29) is 0 Å². The molecule has 0 aromatic heterocycles. The molecular formula is C19H23NO. The number of nitrogens with zero attached hydrogens (tertiary/aromatic N) is 1. The monoisotopic (exact) mass is 281 g/mol. The summed E-state index contributed by atoms with van der Waals surface area (Å²) in [4.78, 5) is 0. The van der Waals surface area contributed by atoms with Crippen LogP contribution in [0, 0.1) is 17.0 Å². The zero-order valence-electron chi connectivity index (χ0n) is 12.8. The van der Waals surface area contributed by atoms with Crippen LogP contribution in [0.25, 0.3) is 0 Å². The van der Waals surface area contributed by atoms with Gasteiger partial charge in [-0.15, -0.1) is 0 Å². The molecule has 1 aliphatic carbocycles. The molecule has 0 atom stereocenters. The third-order valence-electron chi connectivity index (χ3n) is 3.72. The number of rotatable bonds is 2. The molecule has 0 radical (unpaired) electrons. The summed E-state index contributed by atoms with van der Waals surface area (Å²) in [5, 5.41) is 11.3. The van der Waals surface area contributed by atoms with Crippen LogP contribution in [0.4, 0.5) is 0 Å². The Balaban J connectivity index is 2.17. The van der Waals surface area contributed by atoms with E-state index in [1.54, 1.807) is 13.3 Å². The van der Waals surface area contributed by atoms with Crippen LogP contribution in [0.5, 0.6) is 0 Å². The molecule has 0 saturated carbocycles. The Morgan fingerprint density at radius 2 is 1.81 bits per heavy atom. The highest BCUT2D eigenvalue weighted by atomic mass is 16.5. The SMILES string of the molecule is C/[N+]([O-])=C/C1=C(\C#CCc2ccccc2)CCCCCC1. The minimum Gasteiger partial charge on any atom is -0.624 e. The summed E-state index contributed by atoms with van der Waals surface area (Å²) in [5.41, 5.74) is 3.53. The molecule has 21 heavy (non-hydrogen) atoms. The fourth-order valence-electron chi connectivity index (χ4n) is 2.64. The maximum Gasteiger partial charge on any atom is 0.178 e. The van der Waals surface area contributed by atoms with Gasteiger partial charge in [0.1, 0.15) is 7.05 Å². The molecule has 0 aliphatic heterocycles. The van der Waals surface area contributed by atoms with Crippen LogP contribution in [0.15, 0.2) is 41.5 Å². The van der Waals surface area contributed by atoms with Crippen molar-refractivity contribution in [3.05, 3.63) is 52.2 Å². The van der Waals surface area contributed by atoms with Gasteiger partial charge in [-0.2, -0.15) is 0 Å². The topological polar surface area (TPSA) is 26.1 Å². The van der Waals surface area contributed by atoms with E-state index in [2.05, 4.69) is 24.0 Å². The van der Waals surface area contributed by atoms with Gasteiger partial charge >= 0.3 is 0 Å². The molecular weight excluding hydrogens is 258 g/mol. The molecule has 2 heteroatoms. The van der Waals surface area contributed by atoms with E-state index >= 15 is 0 Å². The zero-order valence-corrected chi connectivity index (χ0v) is 12.8. The number of benzene rings is 1. The number of hydroxylamine groups is 1. The first-order valence-corrected chi connectivity index (χ1v) is 7.75. The molecule has 0 unspecified atom stereocenters. The lowest BCUT2D eigenvalue weighted by molar-refractivity contribution is -0.417. The Hall–Kier alpha value is -2.01. The smallest absolute Gasteiger partial charge is 0.178 e. The fourth-order valence-corrected chi connectivity index (χ4v) is 2.64. The Bertz CT molecular complexity index is 569. The van der Waals surface area contributed by atoms with Gasteiger partial charge in [0, 0.05) is 17.6 Å². The van der Waals surface area contributed by atoms with Crippen LogP contribution in [0.2, 0.25) is 0 Å². The molecule has 110 valence electrons. The van der Waals surface area contributed by atoms with Crippen molar-refractivity contribution in [1.29, 1.82) is 0 Å². The van der Waals surface area contributed by atoms with Crippen molar-refractivity contribution in [3.8, 4) is 11.8 Å². The van der Waals surface area contributed by atoms with Gasteiger partial charge in [0.25, 0.3) is 0 Å². The van der Waals surface area contributed by atoms with Crippen molar-refractivity contribution in [3.63, 3.8) is 0 Å². The third-order valence-corrected chi connectivity index (χ3v) is 3.72. The Morgan fingerprint density at radius 1 is 1.10 bits per heavy atom. The molecule has 0 fully saturated rings. The molecule has 0 N–H and O–H groups in total. The number of hydrogen-bond acceptors (Lipinski definition) is 1. The normalized spacial score (nSPS) is 20.1. The van der Waals surface area contributed by atoms with Crippen LogP contribution >= 0.6 is 0 Å². The van der Waals surface area contributed by atoms with Gasteiger partial charge in [-0.05, 0) is 31.2 Å². The summed E-state index contributed by atoms with van der Waals surface area (Å²) in [5.74, 6) is 6.60. The van der Waals surface area contributed by atoms with E-state index in [1.165, 1.54) is 24.8 Å². The summed E-state index contributed by atoms with van der Waals surface area (Å²) >= 11 is 0. The second-order valence-corrected chi connectivity index (χ2v) is 5.56. The fraction of sp³-hybridized carbons (Fsp3) is 0.421. The van der Waals surface area contributed by atoms with E-state index in [9.17, 15) is 5.21 Å². The van der Waals surface area contributed by atoms with Gasteiger partial charge in [-0.3, -0.25) is 0 Å². The molecule has 2 nitrogen and oxygen atoms in total. The van der Waals surface area contributed by atoms with Crippen molar-refractivity contribution >= 4 is 6.21 Å². The molecule has 1 aromatic carbocycles. The summed E-state index contributed by atoms with van der Waals surface area (Å²) in [7, 11) is 1.54. The second-order valence-electron chi connectivity index (χ2n) is 5.56. The molecule has 1 aliphatic rings. The highest BCUT2D eigenvalue weighted by Crippen LogP contribution is 2.21. The quantitative estimate of drug-likeness (QED) is 0.263. The predicted octanol–water partition coefficient (Wildman–Crippen LogP) is 4.09. The summed E-state index contributed by atoms with van der Waals surface area (Å²) in [6, 6.07) is 10.3. The van der Waals surface area contributed by atoms with Crippen LogP contribution in [-0.2, 0) is 6.42 Å². The van der Waals surface area contributed by atoms with E-state index < -0.39 is 0 Å². The van der Waals surface area contributed by atoms with E-state index in [1.807, 2.05) is 18.2 Å². The summed E-state index contributed by atoms with van der Waals surface area (Å²) in [6.07, 6.45) is 9.31. The van der Waals surface area contributed by atoms with E-state index in [0.29, 0.717) is 0 Å². The maximum atomic E-state index is 11.3. The van der Waals surface area contributed by atoms with E-state index in [0.717, 1.165) is 41.6 Å². The largest absolute Gasteiger partial charge is 0.624 e. The standard InChI is InChI=1S/C19H23NO/c1-20(21)16-19-14-8-3-2-7-13-18(19)15-9-12-17-10-5-4-6-11-17/h4-6,10-11,16H,2-3,7-8,12-14H2,1H3/b19-18-,20-16-. The third kappa shape index (κ3) is 5.47. The Labute approximate surface area is 127 Å². The van der Waals surface area contributed by atoms with Crippen LogP contribution < -0.4 is 0 Å². The van der Waals surface area contributed by atoms with E-state index in [4.69, 9.17) is 0 Å². The molecule has 0 spiro atoms. The van der Waals surface area contributed by atoms with Crippen molar-refractivity contribution in [1.82, 2.24) is 0 Å². The van der Waals surface area contributed by atoms with Crippen molar-refractivity contribution in [2.45, 2.75) is 44.9 Å². The first kappa shape index (κ1) is 15.4. The predicted molar refractivity (Wildman–Crippen MR) is 88.3 cm³/mol. The molecule has 0 saturated heterocycles. The van der Waals surface area contributed by atoms with Crippen molar-refractivity contribution < 1.29 is 4.74 Å². The molecule has 0 bridgehead atoms. The first-order chi connectivity index (χ1) is 10.3. The Kier molecular flexibility index (Phi) is 6.09. The molecule has 0 heterocycles. The van der Waals surface area contributed by atoms with Crippen LogP contribution in [0.1, 0.15) is 44.1 Å². The molecule has 2 rings (SSSR count). The number of hydrogen-bond donors (Lipinski definition) is 0. The Morgan fingerprint density at radius 3 is 2.52 bits per heavy atom. The average molecular weight is 281 g/mol. The van der Waals surface area contributed by atoms with Crippen LogP contribution in [-0.4, -0.2) is 18.0 Å². The van der Waals surface area contributed by atoms with Gasteiger partial charge in [0.05, 0.1) is 0 Å². The zero-order chi connectivity index (χ0) is 14.9. The first-order valence-electron chi connectivity index (χ1n) is 7.75. The van der Waals surface area contributed by atoms with Gasteiger partial charge < -0.3 is 5.21 Å². The lowest BCUT2D eigenvalue weighted by Crippen LogP contribution is -2.04. The number of allylic oxidation sites excluding steroid dienone is 2. The molecule has 0 amide bonds. The van der Waals surface area contributed by atoms with Crippen molar-refractivity contribution in [2.24, 2.45) is 0 Å². The summed E-state index contributed by atoms with van der Waals surface area (Å²) in [6.45, 7) is 0. The van der Waals surface area contributed by atoms with Gasteiger partial charge in [0.15, 0.2) is 6.21 Å². The van der Waals surface area contributed by atoms with Gasteiger partial charge in [0.2, 0.25) is 0 Å². The lowest BCUT2D eigenvalue weighted by atomic mass is 9.94. The van der Waals surface area contributed by atoms with Gasteiger partial charge in [-0.25, -0.2) is 4.74 Å². The van der Waals surface area contributed by atoms with Crippen LogP contribution in [0.3, 0.4) is 0 Å². The summed E-state index contributed by atoms with van der Waals surface area (Å²) < 4.78 is 0.899. The average Bonchev–Trinajstić information content (AvgIpc) is 2.46. The maximum absolute atomic E-state index is 11.3. The minimum atomic E-state index is 0.769.